The van der Waals surface area contributed by atoms with Crippen LogP contribution in [0.5, 0.6) is 0 Å². The fraction of sp³-hybridized carbons (Fsp3) is 0.375. The molecule has 0 spiro atoms. The number of hydrogen-bond acceptors (Lipinski definition) is 3. The van der Waals surface area contributed by atoms with E-state index >= 15 is 0 Å². The maximum atomic E-state index is 12.9. The lowest BCUT2D eigenvalue weighted by atomic mass is 9.95. The van der Waals surface area contributed by atoms with Crippen molar-refractivity contribution in [1.82, 2.24) is 9.97 Å². The number of rotatable bonds is 3. The van der Waals surface area contributed by atoms with Gasteiger partial charge in [-0.15, -0.1) is 0 Å². The Morgan fingerprint density at radius 2 is 1.76 bits per heavy atom. The van der Waals surface area contributed by atoms with Crippen molar-refractivity contribution in [3.63, 3.8) is 0 Å². The Morgan fingerprint density at radius 3 is 2.33 bits per heavy atom. The second-order valence-corrected chi connectivity index (χ2v) is 6.40. The van der Waals surface area contributed by atoms with Crippen molar-refractivity contribution < 1.29 is 4.39 Å². The van der Waals surface area contributed by atoms with Gasteiger partial charge in [0.15, 0.2) is 0 Å². The molecule has 3 nitrogen and oxygen atoms in total. The Bertz CT molecular complexity index is 633. The van der Waals surface area contributed by atoms with Gasteiger partial charge < -0.3 is 5.32 Å². The van der Waals surface area contributed by atoms with Gasteiger partial charge >= 0.3 is 0 Å². The largest absolute Gasteiger partial charge is 0.366 e. The van der Waals surface area contributed by atoms with Gasteiger partial charge in [-0.3, -0.25) is 0 Å². The number of aromatic nitrogens is 2. The van der Waals surface area contributed by atoms with Crippen molar-refractivity contribution in [2.24, 2.45) is 0 Å². The molecule has 0 atom stereocenters. The van der Waals surface area contributed by atoms with Crippen molar-refractivity contribution >= 4 is 17.4 Å². The number of anilines is 1. The molecule has 0 aliphatic carbocycles. The minimum absolute atomic E-state index is 0.177. The highest BCUT2D eigenvalue weighted by atomic mass is 35.5. The molecular formula is C16H19ClFN3. The van der Waals surface area contributed by atoms with E-state index in [-0.39, 0.29) is 11.2 Å². The smallest absolute Gasteiger partial charge is 0.137 e. The molecule has 0 amide bonds. The third kappa shape index (κ3) is 3.91. The van der Waals surface area contributed by atoms with Crippen LogP contribution in [0.25, 0.3) is 0 Å². The highest BCUT2D eigenvalue weighted by molar-refractivity contribution is 6.30. The molecule has 2 rings (SSSR count). The van der Waals surface area contributed by atoms with E-state index in [1.54, 1.807) is 12.1 Å². The molecule has 0 saturated heterocycles. The Labute approximate surface area is 129 Å². The van der Waals surface area contributed by atoms with Crippen LogP contribution in [0.1, 0.15) is 37.7 Å². The molecule has 1 aromatic heterocycles. The second kappa shape index (κ2) is 5.98. The number of nitrogens with one attached hydrogen (secondary N) is 1. The monoisotopic (exact) mass is 307 g/mol. The first-order valence-electron chi connectivity index (χ1n) is 6.80. The summed E-state index contributed by atoms with van der Waals surface area (Å²) in [6.45, 7) is 8.55. The summed E-state index contributed by atoms with van der Waals surface area (Å²) in [5.41, 5.74) is 1.61. The molecular weight excluding hydrogens is 289 g/mol. The van der Waals surface area contributed by atoms with Gasteiger partial charge in [0, 0.05) is 17.5 Å². The van der Waals surface area contributed by atoms with E-state index < -0.39 is 0 Å². The van der Waals surface area contributed by atoms with Crippen molar-refractivity contribution in [1.29, 1.82) is 0 Å². The number of halogens is 2. The third-order valence-corrected chi connectivity index (χ3v) is 3.50. The summed E-state index contributed by atoms with van der Waals surface area (Å²) in [7, 11) is 0. The summed E-state index contributed by atoms with van der Waals surface area (Å²) in [4.78, 5) is 8.89. The summed E-state index contributed by atoms with van der Waals surface area (Å²) in [6, 6.07) is 6.37. The van der Waals surface area contributed by atoms with E-state index in [9.17, 15) is 4.39 Å². The first-order valence-corrected chi connectivity index (χ1v) is 7.18. The van der Waals surface area contributed by atoms with E-state index in [1.807, 2.05) is 27.7 Å². The Balaban J connectivity index is 2.23. The zero-order valence-corrected chi connectivity index (χ0v) is 13.4. The van der Waals surface area contributed by atoms with Gasteiger partial charge in [0.1, 0.15) is 22.6 Å². The topological polar surface area (TPSA) is 37.8 Å². The van der Waals surface area contributed by atoms with Crippen LogP contribution in [0.2, 0.25) is 5.15 Å². The average molecular weight is 308 g/mol. The van der Waals surface area contributed by atoms with Gasteiger partial charge in [-0.1, -0.05) is 44.5 Å². The van der Waals surface area contributed by atoms with Gasteiger partial charge in [0.25, 0.3) is 0 Å². The van der Waals surface area contributed by atoms with E-state index in [0.29, 0.717) is 23.3 Å². The summed E-state index contributed by atoms with van der Waals surface area (Å²) in [5.74, 6) is 1.17. The van der Waals surface area contributed by atoms with E-state index in [0.717, 1.165) is 11.1 Å². The van der Waals surface area contributed by atoms with Gasteiger partial charge in [-0.25, -0.2) is 14.4 Å². The standard InChI is InChI=1S/C16H19ClFN3/c1-10-13(17)20-15(16(2,3)4)21-14(10)19-9-11-5-7-12(18)8-6-11/h5-8H,9H2,1-4H3,(H,19,20,21). The molecule has 0 radical (unpaired) electrons. The third-order valence-electron chi connectivity index (χ3n) is 3.13. The van der Waals surface area contributed by atoms with Crippen LogP contribution < -0.4 is 5.32 Å². The summed E-state index contributed by atoms with van der Waals surface area (Å²) < 4.78 is 12.9. The summed E-state index contributed by atoms with van der Waals surface area (Å²) in [5, 5.41) is 3.70. The molecule has 112 valence electrons. The van der Waals surface area contributed by atoms with Crippen LogP contribution in [-0.4, -0.2) is 9.97 Å². The molecule has 0 aliphatic rings. The zero-order chi connectivity index (χ0) is 15.6. The molecule has 0 fully saturated rings. The van der Waals surface area contributed by atoms with E-state index in [1.165, 1.54) is 12.1 Å². The quantitative estimate of drug-likeness (QED) is 0.849. The molecule has 0 saturated carbocycles. The molecule has 1 N–H and O–H groups in total. The summed E-state index contributed by atoms with van der Waals surface area (Å²) in [6.07, 6.45) is 0. The molecule has 5 heteroatoms. The minimum atomic E-state index is -0.241. The highest BCUT2D eigenvalue weighted by Crippen LogP contribution is 2.26. The lowest BCUT2D eigenvalue weighted by Crippen LogP contribution is -2.18. The van der Waals surface area contributed by atoms with Crippen LogP contribution in [0.15, 0.2) is 24.3 Å². The van der Waals surface area contributed by atoms with E-state index in [2.05, 4.69) is 15.3 Å². The molecule has 1 aromatic carbocycles. The normalized spacial score (nSPS) is 11.5. The average Bonchev–Trinajstić information content (AvgIpc) is 2.41. The second-order valence-electron chi connectivity index (χ2n) is 6.04. The molecule has 0 unspecified atom stereocenters. The molecule has 2 aromatic rings. The molecule has 0 aliphatic heterocycles. The molecule has 21 heavy (non-hydrogen) atoms. The zero-order valence-electron chi connectivity index (χ0n) is 12.7. The molecule has 1 heterocycles. The number of hydrogen-bond donors (Lipinski definition) is 1. The minimum Gasteiger partial charge on any atom is -0.366 e. The Morgan fingerprint density at radius 1 is 1.14 bits per heavy atom. The SMILES string of the molecule is Cc1c(Cl)nc(C(C)(C)C)nc1NCc1ccc(F)cc1. The van der Waals surface area contributed by atoms with Crippen LogP contribution in [0, 0.1) is 12.7 Å². The van der Waals surface area contributed by atoms with Gasteiger partial charge in [-0.05, 0) is 24.6 Å². The van der Waals surface area contributed by atoms with Crippen molar-refractivity contribution in [2.45, 2.75) is 39.7 Å². The van der Waals surface area contributed by atoms with Crippen LogP contribution in [0.4, 0.5) is 10.2 Å². The Hall–Kier alpha value is -1.68. The van der Waals surface area contributed by atoms with Gasteiger partial charge in [0.2, 0.25) is 0 Å². The van der Waals surface area contributed by atoms with E-state index in [4.69, 9.17) is 11.6 Å². The fourth-order valence-electron chi connectivity index (χ4n) is 1.78. The number of benzene rings is 1. The van der Waals surface area contributed by atoms with Crippen molar-refractivity contribution in [3.05, 3.63) is 52.2 Å². The Kier molecular flexibility index (Phi) is 4.47. The predicted molar refractivity (Wildman–Crippen MR) is 84.2 cm³/mol. The fourth-order valence-corrected chi connectivity index (χ4v) is 1.95. The van der Waals surface area contributed by atoms with Crippen molar-refractivity contribution in [3.8, 4) is 0 Å². The first-order chi connectivity index (χ1) is 9.77. The highest BCUT2D eigenvalue weighted by Gasteiger charge is 2.20. The number of nitrogens with zero attached hydrogens (tertiary/aromatic N) is 2. The lowest BCUT2D eigenvalue weighted by molar-refractivity contribution is 0.545. The van der Waals surface area contributed by atoms with Crippen molar-refractivity contribution in [2.75, 3.05) is 5.32 Å². The lowest BCUT2D eigenvalue weighted by Gasteiger charge is -2.19. The van der Waals surface area contributed by atoms with Crippen LogP contribution in [-0.2, 0) is 12.0 Å². The van der Waals surface area contributed by atoms with Crippen LogP contribution >= 0.6 is 11.6 Å². The van der Waals surface area contributed by atoms with Gasteiger partial charge in [0.05, 0.1) is 0 Å². The van der Waals surface area contributed by atoms with Gasteiger partial charge in [-0.2, -0.15) is 0 Å². The molecule has 0 bridgehead atoms. The maximum Gasteiger partial charge on any atom is 0.137 e. The van der Waals surface area contributed by atoms with Crippen LogP contribution in [0.3, 0.4) is 0 Å². The summed E-state index contributed by atoms with van der Waals surface area (Å²) >= 11 is 6.19. The predicted octanol–water partition coefficient (Wildman–Crippen LogP) is 4.49. The maximum absolute atomic E-state index is 12.9. The first kappa shape index (κ1) is 15.7.